The molecular weight excluding hydrogens is 396 g/mol. The molecule has 0 aliphatic heterocycles. The van der Waals surface area contributed by atoms with E-state index in [-0.39, 0.29) is 22.7 Å². The van der Waals surface area contributed by atoms with E-state index in [0.29, 0.717) is 23.6 Å². The summed E-state index contributed by atoms with van der Waals surface area (Å²) in [6.07, 6.45) is 5.64. The minimum Gasteiger partial charge on any atom is -0.360 e. The monoisotopic (exact) mass is 416 g/mol. The summed E-state index contributed by atoms with van der Waals surface area (Å²) in [7, 11) is 0. The second-order valence-electron chi connectivity index (χ2n) is 6.83. The van der Waals surface area contributed by atoms with E-state index in [4.69, 9.17) is 11.6 Å². The maximum Gasteiger partial charge on any atom is 0.295 e. The second kappa shape index (κ2) is 8.05. The zero-order valence-corrected chi connectivity index (χ0v) is 17.3. The number of nitrogens with zero attached hydrogens (tertiary/aromatic N) is 5. The van der Waals surface area contributed by atoms with Gasteiger partial charge >= 0.3 is 0 Å². The highest BCUT2D eigenvalue weighted by atomic mass is 35.5. The maximum absolute atomic E-state index is 13.1. The van der Waals surface area contributed by atoms with Gasteiger partial charge in [0, 0.05) is 17.1 Å². The quantitative estimate of drug-likeness (QED) is 0.461. The minimum absolute atomic E-state index is 0.0352. The van der Waals surface area contributed by atoms with Crippen LogP contribution in [0.2, 0.25) is 5.28 Å². The van der Waals surface area contributed by atoms with Gasteiger partial charge in [-0.15, -0.1) is 11.8 Å². The van der Waals surface area contributed by atoms with Crippen LogP contribution in [0.1, 0.15) is 38.4 Å². The number of halogens is 1. The molecular formula is C19H21ClN6OS. The van der Waals surface area contributed by atoms with E-state index >= 15 is 0 Å². The molecule has 0 amide bonds. The van der Waals surface area contributed by atoms with Gasteiger partial charge < -0.3 is 5.32 Å². The van der Waals surface area contributed by atoms with Crippen molar-refractivity contribution in [3.8, 4) is 0 Å². The number of aromatic nitrogens is 5. The van der Waals surface area contributed by atoms with Crippen molar-refractivity contribution in [2.75, 3.05) is 11.1 Å². The number of fused-ring (bicyclic) bond motifs is 1. The van der Waals surface area contributed by atoms with E-state index in [1.54, 1.807) is 22.5 Å². The smallest absolute Gasteiger partial charge is 0.295 e. The van der Waals surface area contributed by atoms with Gasteiger partial charge in [0.2, 0.25) is 5.28 Å². The summed E-state index contributed by atoms with van der Waals surface area (Å²) in [6, 6.07) is 4.03. The Morgan fingerprint density at radius 3 is 2.79 bits per heavy atom. The summed E-state index contributed by atoms with van der Waals surface area (Å²) in [6.45, 7) is 4.57. The van der Waals surface area contributed by atoms with Crippen molar-refractivity contribution < 1.29 is 0 Å². The number of hydrogen-bond donors (Lipinski definition) is 1. The first-order valence-electron chi connectivity index (χ1n) is 9.33. The molecule has 1 atom stereocenters. The number of hydrogen-bond acceptors (Lipinski definition) is 7. The van der Waals surface area contributed by atoms with Crippen LogP contribution in [0.4, 0.5) is 5.82 Å². The molecule has 1 aliphatic rings. The van der Waals surface area contributed by atoms with Crippen molar-refractivity contribution in [1.82, 2.24) is 24.5 Å². The van der Waals surface area contributed by atoms with Crippen LogP contribution >= 0.6 is 23.4 Å². The standard InChI is InChI=1S/C19H21ClN6OS/c1-3-28-14-7-6-13(21-9-14)8-22-16-18(27)26(11(2)12-4-5-12)17-15(24-16)10-23-19(20)25-17/h6-7,9-12H,3-5,8H2,1-2H3,(H,22,24). The average Bonchev–Trinajstić information content (AvgIpc) is 3.53. The normalized spacial score (nSPS) is 15.0. The second-order valence-corrected chi connectivity index (χ2v) is 8.51. The summed E-state index contributed by atoms with van der Waals surface area (Å²) < 4.78 is 1.70. The summed E-state index contributed by atoms with van der Waals surface area (Å²) in [5.74, 6) is 1.76. The third-order valence-corrected chi connectivity index (χ3v) is 5.91. The lowest BCUT2D eigenvalue weighted by Gasteiger charge is -2.18. The van der Waals surface area contributed by atoms with Crippen molar-refractivity contribution in [1.29, 1.82) is 0 Å². The van der Waals surface area contributed by atoms with Crippen LogP contribution in [0.5, 0.6) is 0 Å². The van der Waals surface area contributed by atoms with Crippen LogP contribution in [0, 0.1) is 5.92 Å². The summed E-state index contributed by atoms with van der Waals surface area (Å²) in [4.78, 5) is 31.4. The lowest BCUT2D eigenvalue weighted by atomic mass is 10.2. The summed E-state index contributed by atoms with van der Waals surface area (Å²) in [5, 5.41) is 3.25. The molecule has 28 heavy (non-hydrogen) atoms. The van der Waals surface area contributed by atoms with Gasteiger partial charge in [0.15, 0.2) is 11.5 Å². The largest absolute Gasteiger partial charge is 0.360 e. The van der Waals surface area contributed by atoms with E-state index < -0.39 is 0 Å². The molecule has 146 valence electrons. The number of thioether (sulfide) groups is 1. The van der Waals surface area contributed by atoms with Crippen molar-refractivity contribution in [3.63, 3.8) is 0 Å². The molecule has 0 aromatic carbocycles. The molecule has 0 bridgehead atoms. The van der Waals surface area contributed by atoms with E-state index in [1.165, 1.54) is 0 Å². The molecule has 0 saturated heterocycles. The number of rotatable bonds is 7. The van der Waals surface area contributed by atoms with Gasteiger partial charge in [-0.05, 0) is 55.2 Å². The predicted octanol–water partition coefficient (Wildman–Crippen LogP) is 3.93. The molecule has 7 nitrogen and oxygen atoms in total. The van der Waals surface area contributed by atoms with Crippen molar-refractivity contribution in [3.05, 3.63) is 45.9 Å². The summed E-state index contributed by atoms with van der Waals surface area (Å²) in [5.41, 5.74) is 1.67. The van der Waals surface area contributed by atoms with Gasteiger partial charge in [-0.25, -0.2) is 9.97 Å². The Bertz CT molecular complexity index is 1050. The third-order valence-electron chi connectivity index (χ3n) is 4.86. The van der Waals surface area contributed by atoms with E-state index in [1.807, 2.05) is 25.3 Å². The number of nitrogens with one attached hydrogen (secondary N) is 1. The molecule has 3 aromatic heterocycles. The Balaban J connectivity index is 1.66. The number of pyridine rings is 1. The Morgan fingerprint density at radius 2 is 2.11 bits per heavy atom. The Labute approximate surface area is 172 Å². The first-order valence-corrected chi connectivity index (χ1v) is 10.7. The fraction of sp³-hybridized carbons (Fsp3) is 0.421. The highest BCUT2D eigenvalue weighted by Gasteiger charge is 2.31. The molecule has 4 rings (SSSR count). The fourth-order valence-corrected chi connectivity index (χ4v) is 3.96. The Morgan fingerprint density at radius 1 is 1.29 bits per heavy atom. The molecule has 1 N–H and O–H groups in total. The van der Waals surface area contributed by atoms with E-state index in [2.05, 4.69) is 32.2 Å². The van der Waals surface area contributed by atoms with Gasteiger partial charge in [-0.1, -0.05) is 6.92 Å². The Hall–Kier alpha value is -2.19. The first kappa shape index (κ1) is 19.1. The molecule has 9 heteroatoms. The van der Waals surface area contributed by atoms with Crippen LogP contribution < -0.4 is 10.9 Å². The highest BCUT2D eigenvalue weighted by Crippen LogP contribution is 2.39. The van der Waals surface area contributed by atoms with Crippen LogP contribution in [-0.2, 0) is 6.54 Å². The lowest BCUT2D eigenvalue weighted by Crippen LogP contribution is -2.29. The topological polar surface area (TPSA) is 85.6 Å². The summed E-state index contributed by atoms with van der Waals surface area (Å²) >= 11 is 7.71. The first-order chi connectivity index (χ1) is 13.6. The SMILES string of the molecule is CCSc1ccc(CNc2nc3cnc(Cl)nc3n(C(C)C3CC3)c2=O)nc1. The zero-order chi connectivity index (χ0) is 19.7. The van der Waals surface area contributed by atoms with Gasteiger partial charge in [0.05, 0.1) is 18.4 Å². The van der Waals surface area contributed by atoms with Crippen molar-refractivity contribution in [2.45, 2.75) is 44.2 Å². The molecule has 1 fully saturated rings. The zero-order valence-electron chi connectivity index (χ0n) is 15.7. The molecule has 3 heterocycles. The van der Waals surface area contributed by atoms with Crippen molar-refractivity contribution >= 4 is 40.3 Å². The van der Waals surface area contributed by atoms with Crippen LogP contribution in [0.3, 0.4) is 0 Å². The average molecular weight is 417 g/mol. The number of anilines is 1. The van der Waals surface area contributed by atoms with E-state index in [0.717, 1.165) is 29.2 Å². The van der Waals surface area contributed by atoms with Crippen LogP contribution in [-0.4, -0.2) is 30.3 Å². The molecule has 1 saturated carbocycles. The minimum atomic E-state index is -0.195. The maximum atomic E-state index is 13.1. The molecule has 0 radical (unpaired) electrons. The fourth-order valence-electron chi connectivity index (χ4n) is 3.20. The Kier molecular flexibility index (Phi) is 5.50. The van der Waals surface area contributed by atoms with Gasteiger partial charge in [-0.2, -0.15) is 4.98 Å². The predicted molar refractivity (Wildman–Crippen MR) is 112 cm³/mol. The highest BCUT2D eigenvalue weighted by molar-refractivity contribution is 7.99. The molecule has 1 aliphatic carbocycles. The molecule has 0 spiro atoms. The van der Waals surface area contributed by atoms with Gasteiger partial charge in [-0.3, -0.25) is 14.3 Å². The molecule has 3 aromatic rings. The van der Waals surface area contributed by atoms with Crippen LogP contribution in [0.15, 0.2) is 34.2 Å². The van der Waals surface area contributed by atoms with Crippen LogP contribution in [0.25, 0.3) is 11.2 Å². The third kappa shape index (κ3) is 3.98. The van der Waals surface area contributed by atoms with E-state index in [9.17, 15) is 4.79 Å². The van der Waals surface area contributed by atoms with Gasteiger partial charge in [0.25, 0.3) is 5.56 Å². The van der Waals surface area contributed by atoms with Gasteiger partial charge in [0.1, 0.15) is 5.52 Å². The lowest BCUT2D eigenvalue weighted by molar-refractivity contribution is 0.482. The molecule has 1 unspecified atom stereocenters. The van der Waals surface area contributed by atoms with Crippen molar-refractivity contribution in [2.24, 2.45) is 5.92 Å².